The Morgan fingerprint density at radius 3 is 1.18 bits per heavy atom. The van der Waals surface area contributed by atoms with Crippen LogP contribution in [0.15, 0.2) is 97.7 Å². The molecule has 252 valence electrons. The number of hydrogen-bond acceptors (Lipinski definition) is 5. The molecule has 0 radical (unpaired) electrons. The monoisotopic (exact) mass is 742 g/mol. The summed E-state index contributed by atoms with van der Waals surface area (Å²) in [6.07, 6.45) is 30.0. The zero-order valence-electron chi connectivity index (χ0n) is 27.5. The molecule has 0 unspecified atom stereocenters. The molecule has 9 heteroatoms. The van der Waals surface area contributed by atoms with Crippen LogP contribution in [0.4, 0.5) is 0 Å². The predicted octanol–water partition coefficient (Wildman–Crippen LogP) is 8.72. The predicted molar refractivity (Wildman–Crippen MR) is 197 cm³/mol. The van der Waals surface area contributed by atoms with Crippen molar-refractivity contribution in [1.82, 2.24) is 0 Å². The van der Waals surface area contributed by atoms with Crippen LogP contribution in [-0.2, 0) is 12.3 Å². The Balaban J connectivity index is -0.0000000391. The molecule has 0 fully saturated rings. The molecule has 0 bridgehead atoms. The second kappa shape index (κ2) is 77.5. The maximum absolute atomic E-state index is 10.4. The fourth-order valence-electron chi connectivity index (χ4n) is 1.46. The molecule has 7 nitrogen and oxygen atoms in total. The third-order valence-electron chi connectivity index (χ3n) is 3.52. The maximum atomic E-state index is 10.4. The van der Waals surface area contributed by atoms with Crippen molar-refractivity contribution in [3.8, 4) is 37.0 Å². The molecule has 0 amide bonds. The van der Waals surface area contributed by atoms with E-state index < -0.39 is 29.9 Å². The molecule has 0 aromatic heterocycles. The van der Waals surface area contributed by atoms with Crippen molar-refractivity contribution < 1.29 is 31.0 Å². The van der Waals surface area contributed by atoms with Crippen molar-refractivity contribution in [1.29, 1.82) is 0 Å². The SMILES string of the molecule is C.C#C.C#CC.C=C/C(=C\C)CC.C=C/C(=C\C)C[As](=O)(O)O.C=C/C(=C\C)C[As]=O.C=C/C=C\C.C=O.CC#CC.OO. The van der Waals surface area contributed by atoms with E-state index in [1.54, 1.807) is 32.1 Å². The van der Waals surface area contributed by atoms with Gasteiger partial charge in [0.05, 0.1) is 0 Å². The van der Waals surface area contributed by atoms with E-state index >= 15 is 0 Å². The molecular formula is C35H60As2O7. The number of carbonyl (C=O) groups excluding carboxylic acids is 1. The van der Waals surface area contributed by atoms with E-state index in [0.29, 0.717) is 10.8 Å². The Hall–Kier alpha value is -3.17. The zero-order valence-corrected chi connectivity index (χ0v) is 31.2. The first-order valence-corrected chi connectivity index (χ1v) is 18.2. The minimum absolute atomic E-state index is 0. The van der Waals surface area contributed by atoms with Crippen LogP contribution in [0.5, 0.6) is 0 Å². The molecule has 0 aliphatic heterocycles. The van der Waals surface area contributed by atoms with Crippen LogP contribution in [0.1, 0.15) is 69.2 Å². The van der Waals surface area contributed by atoms with E-state index in [1.165, 1.54) is 11.6 Å². The third kappa shape index (κ3) is 117. The van der Waals surface area contributed by atoms with Crippen molar-refractivity contribution in [2.75, 3.05) is 0 Å². The summed E-state index contributed by atoms with van der Waals surface area (Å²) < 4.78 is 37.6. The van der Waals surface area contributed by atoms with Gasteiger partial charge in [-0.25, -0.2) is 0 Å². The van der Waals surface area contributed by atoms with Crippen LogP contribution >= 0.6 is 0 Å². The Kier molecular flexibility index (Phi) is 120. The van der Waals surface area contributed by atoms with Gasteiger partial charge in [-0.15, -0.1) is 37.0 Å². The minimum atomic E-state index is -4.46. The Morgan fingerprint density at radius 1 is 0.818 bits per heavy atom. The van der Waals surface area contributed by atoms with Gasteiger partial charge in [0.2, 0.25) is 0 Å². The summed E-state index contributed by atoms with van der Waals surface area (Å²) in [5.41, 5.74) is 3.01. The summed E-state index contributed by atoms with van der Waals surface area (Å²) in [5, 5.41) is 12.6. The van der Waals surface area contributed by atoms with Crippen LogP contribution in [-0.4, -0.2) is 55.4 Å². The topological polar surface area (TPSA) is 132 Å². The fraction of sp³-hybridized carbons (Fsp3) is 0.343. The average Bonchev–Trinajstić information content (AvgIpc) is 3.04. The molecule has 0 atom stereocenters. The van der Waals surface area contributed by atoms with Gasteiger partial charge in [0.15, 0.2) is 0 Å². The van der Waals surface area contributed by atoms with Gasteiger partial charge in [0.1, 0.15) is 6.79 Å². The molecule has 0 aromatic carbocycles. The minimum Gasteiger partial charge on any atom is -0.307 e. The van der Waals surface area contributed by atoms with Crippen LogP contribution in [0.25, 0.3) is 0 Å². The van der Waals surface area contributed by atoms with Gasteiger partial charge in [-0.1, -0.05) is 63.5 Å². The maximum Gasteiger partial charge on any atom is 0.106 e. The normalized spacial score (nSPS) is 8.80. The summed E-state index contributed by atoms with van der Waals surface area (Å²) in [6.45, 7) is 31.1. The average molecular weight is 743 g/mol. The van der Waals surface area contributed by atoms with Crippen molar-refractivity contribution in [2.24, 2.45) is 0 Å². The van der Waals surface area contributed by atoms with E-state index in [0.717, 1.165) is 12.0 Å². The third-order valence-corrected chi connectivity index (χ3v) is 6.19. The van der Waals surface area contributed by atoms with Gasteiger partial charge in [0, 0.05) is 0 Å². The van der Waals surface area contributed by atoms with Crippen molar-refractivity contribution >= 4 is 36.7 Å². The van der Waals surface area contributed by atoms with Crippen LogP contribution in [0.2, 0.25) is 10.4 Å². The molecular weight excluding hydrogens is 682 g/mol. The fourth-order valence-corrected chi connectivity index (χ4v) is 4.08. The van der Waals surface area contributed by atoms with Gasteiger partial charge in [0.25, 0.3) is 0 Å². The van der Waals surface area contributed by atoms with E-state index in [9.17, 15) is 7.48 Å². The Labute approximate surface area is 280 Å². The van der Waals surface area contributed by atoms with E-state index in [-0.39, 0.29) is 12.6 Å². The van der Waals surface area contributed by atoms with Gasteiger partial charge in [-0.05, 0) is 41.0 Å². The van der Waals surface area contributed by atoms with Gasteiger partial charge >= 0.3 is 118 Å². The molecule has 0 aliphatic carbocycles. The van der Waals surface area contributed by atoms with E-state index in [1.807, 2.05) is 65.7 Å². The number of carbonyl (C=O) groups is 1. The zero-order chi connectivity index (χ0) is 36.5. The molecule has 0 spiro atoms. The standard InChI is InChI=1S/C7H12.C6H11AsO3.C6H9AsO.C5H8.C4H6.C3H4.C2H2.CH2O.CH4.H2O2/c1-4-7(5-2)6-3;1-3-6(4-2)5-7(8,9)10;1-3-6(4-2)5-7-8;1-3-5-4-2;1-3-4-2;1-3-2;2*1-2;;1-2/h4-5H,1,6H2,2-3H3;3-4H,1,5H2,2H3,(H2,8,9,10);3-4H,1,5H2,2H3;3-5H,1H2,2H3;1-2H3;1H,2H3;1-2H;1H2;1H4;1-2H/b7-5+;2*6-4+;5-4-;;;;;;. The first-order chi connectivity index (χ1) is 20.4. The quantitative estimate of drug-likeness (QED) is 0.0611. The summed E-state index contributed by atoms with van der Waals surface area (Å²) in [6, 6.07) is 0. The molecule has 0 aliphatic rings. The molecule has 0 rings (SSSR count). The number of allylic oxidation sites excluding steroid dienone is 12. The molecule has 0 heterocycles. The largest absolute Gasteiger partial charge is 0.307 e. The molecule has 4 N–H and O–H groups in total. The number of hydrogen-bond donors (Lipinski definition) is 4. The van der Waals surface area contributed by atoms with Crippen molar-refractivity contribution in [2.45, 2.75) is 79.7 Å². The summed E-state index contributed by atoms with van der Waals surface area (Å²) in [5.74, 6) is 7.61. The van der Waals surface area contributed by atoms with E-state index in [4.69, 9.17) is 23.5 Å². The van der Waals surface area contributed by atoms with Gasteiger partial charge < -0.3 is 4.79 Å². The summed E-state index contributed by atoms with van der Waals surface area (Å²) >= 11 is -5.17. The van der Waals surface area contributed by atoms with Gasteiger partial charge in [-0.3, -0.25) is 10.5 Å². The second-order valence-corrected chi connectivity index (χ2v) is 10.9. The Morgan fingerprint density at radius 2 is 1.14 bits per heavy atom. The Bertz CT molecular complexity index is 910. The first kappa shape index (κ1) is 68.1. The van der Waals surface area contributed by atoms with Crippen molar-refractivity contribution in [3.05, 3.63) is 97.7 Å². The molecule has 44 heavy (non-hydrogen) atoms. The second-order valence-electron chi connectivity index (χ2n) is 6.22. The van der Waals surface area contributed by atoms with Crippen LogP contribution in [0.3, 0.4) is 0 Å². The molecule has 0 saturated carbocycles. The first-order valence-electron chi connectivity index (χ1n) is 12.4. The van der Waals surface area contributed by atoms with Crippen molar-refractivity contribution in [3.63, 3.8) is 0 Å². The molecule has 0 aromatic rings. The van der Waals surface area contributed by atoms with E-state index in [2.05, 4.69) is 76.3 Å². The number of rotatable bonds is 9. The van der Waals surface area contributed by atoms with Gasteiger partial charge in [-0.2, -0.15) is 0 Å². The summed E-state index contributed by atoms with van der Waals surface area (Å²) in [7, 11) is 0. The smallest absolute Gasteiger partial charge is 0.106 e. The van der Waals surface area contributed by atoms with Crippen LogP contribution < -0.4 is 0 Å². The molecule has 0 saturated heterocycles. The summed E-state index contributed by atoms with van der Waals surface area (Å²) in [4.78, 5) is 8.00. The van der Waals surface area contributed by atoms with Crippen LogP contribution in [0, 0.1) is 37.0 Å². The number of terminal acetylenes is 2.